The number of hydrogen-bond donors (Lipinski definition) is 1. The maximum Gasteiger partial charge on any atom is 0.253 e. The number of carbonyl (C=O) groups excluding carboxylic acids is 2. The molecular weight excluding hydrogens is 421 g/mol. The Bertz CT molecular complexity index is 906. The lowest BCUT2D eigenvalue weighted by Gasteiger charge is -2.26. The van der Waals surface area contributed by atoms with E-state index < -0.39 is 23.6 Å². The van der Waals surface area contributed by atoms with Gasteiger partial charge in [-0.1, -0.05) is 43.1 Å². The van der Waals surface area contributed by atoms with Gasteiger partial charge in [0.2, 0.25) is 5.91 Å². The molecule has 29 heavy (non-hydrogen) atoms. The largest absolute Gasteiger partial charge is 0.340 e. The van der Waals surface area contributed by atoms with E-state index in [-0.39, 0.29) is 29.0 Å². The highest BCUT2D eigenvalue weighted by molar-refractivity contribution is 6.36. The summed E-state index contributed by atoms with van der Waals surface area (Å²) in [7, 11) is 1.54. The average molecular weight is 443 g/mol. The highest BCUT2D eigenvalue weighted by atomic mass is 35.5. The SMILES string of the molecule is CC(C)CC(NC(=O)c1ccc(Cl)cc1Cl)C(=O)N(C)Cc1ccc(F)c(F)c1. The standard InChI is InChI=1S/C21H22Cl2F2N2O2/c1-12(2)8-19(26-20(28)15-6-5-14(22)10-16(15)23)21(29)27(3)11-13-4-7-17(24)18(25)9-13/h4-7,9-10,12,19H,8,11H2,1-3H3,(H,26,28). The van der Waals surface area contributed by atoms with E-state index in [0.717, 1.165) is 12.1 Å². The Morgan fingerprint density at radius 3 is 2.34 bits per heavy atom. The number of likely N-dealkylation sites (N-methyl/N-ethyl adjacent to an activating group) is 1. The Kier molecular flexibility index (Phi) is 7.99. The van der Waals surface area contributed by atoms with Gasteiger partial charge >= 0.3 is 0 Å². The topological polar surface area (TPSA) is 49.4 Å². The highest BCUT2D eigenvalue weighted by Crippen LogP contribution is 2.21. The van der Waals surface area contributed by atoms with E-state index in [1.54, 1.807) is 7.05 Å². The molecule has 0 heterocycles. The predicted molar refractivity (Wildman–Crippen MR) is 110 cm³/mol. The van der Waals surface area contributed by atoms with Crippen molar-refractivity contribution < 1.29 is 18.4 Å². The lowest BCUT2D eigenvalue weighted by Crippen LogP contribution is -2.47. The van der Waals surface area contributed by atoms with Crippen molar-refractivity contribution in [2.45, 2.75) is 32.9 Å². The quantitative estimate of drug-likeness (QED) is 0.650. The molecule has 0 saturated heterocycles. The molecule has 1 atom stereocenters. The monoisotopic (exact) mass is 442 g/mol. The van der Waals surface area contributed by atoms with Gasteiger partial charge in [-0.25, -0.2) is 8.78 Å². The summed E-state index contributed by atoms with van der Waals surface area (Å²) < 4.78 is 26.5. The average Bonchev–Trinajstić information content (AvgIpc) is 2.63. The Labute approximate surface area is 178 Å². The van der Waals surface area contributed by atoms with Gasteiger partial charge in [0.15, 0.2) is 11.6 Å². The molecule has 1 N–H and O–H groups in total. The van der Waals surface area contributed by atoms with Crippen LogP contribution in [-0.2, 0) is 11.3 Å². The Morgan fingerprint density at radius 2 is 1.76 bits per heavy atom. The van der Waals surface area contributed by atoms with Crippen LogP contribution >= 0.6 is 23.2 Å². The van der Waals surface area contributed by atoms with Gasteiger partial charge in [-0.15, -0.1) is 0 Å². The molecule has 0 spiro atoms. The molecule has 0 aromatic heterocycles. The first-order valence-electron chi connectivity index (χ1n) is 9.03. The summed E-state index contributed by atoms with van der Waals surface area (Å²) in [6.07, 6.45) is 0.401. The summed E-state index contributed by atoms with van der Waals surface area (Å²) in [5.74, 6) is -2.64. The zero-order valence-electron chi connectivity index (χ0n) is 16.3. The maximum absolute atomic E-state index is 13.4. The second kappa shape index (κ2) is 10.0. The van der Waals surface area contributed by atoms with Crippen LogP contribution in [0.2, 0.25) is 10.0 Å². The van der Waals surface area contributed by atoms with Crippen molar-refractivity contribution in [1.29, 1.82) is 0 Å². The predicted octanol–water partition coefficient (Wildman–Crippen LogP) is 5.07. The Balaban J connectivity index is 2.15. The zero-order chi connectivity index (χ0) is 21.7. The third-order valence-electron chi connectivity index (χ3n) is 4.27. The fraction of sp³-hybridized carbons (Fsp3) is 0.333. The second-order valence-corrected chi connectivity index (χ2v) is 8.07. The number of amides is 2. The number of nitrogens with zero attached hydrogens (tertiary/aromatic N) is 1. The molecule has 0 aliphatic rings. The van der Waals surface area contributed by atoms with Gasteiger partial charge in [0.25, 0.3) is 5.91 Å². The minimum atomic E-state index is -0.979. The zero-order valence-corrected chi connectivity index (χ0v) is 17.8. The van der Waals surface area contributed by atoms with Gasteiger partial charge in [0, 0.05) is 18.6 Å². The van der Waals surface area contributed by atoms with Crippen LogP contribution in [0.15, 0.2) is 36.4 Å². The molecule has 2 amide bonds. The van der Waals surface area contributed by atoms with E-state index in [9.17, 15) is 18.4 Å². The summed E-state index contributed by atoms with van der Waals surface area (Å²) in [6, 6.07) is 7.14. The fourth-order valence-electron chi connectivity index (χ4n) is 2.86. The van der Waals surface area contributed by atoms with Crippen molar-refractivity contribution in [3.63, 3.8) is 0 Å². The molecular formula is C21H22Cl2F2N2O2. The molecule has 0 fully saturated rings. The molecule has 0 aliphatic heterocycles. The van der Waals surface area contributed by atoms with E-state index in [1.807, 2.05) is 13.8 Å². The van der Waals surface area contributed by atoms with Crippen LogP contribution in [0.5, 0.6) is 0 Å². The number of benzene rings is 2. The number of rotatable bonds is 7. The van der Waals surface area contributed by atoms with Crippen LogP contribution in [0, 0.1) is 17.6 Å². The summed E-state index contributed by atoms with van der Waals surface area (Å²) in [6.45, 7) is 3.93. The number of carbonyl (C=O) groups is 2. The van der Waals surface area contributed by atoms with Gasteiger partial charge in [-0.3, -0.25) is 9.59 Å². The second-order valence-electron chi connectivity index (χ2n) is 7.22. The Morgan fingerprint density at radius 1 is 1.07 bits per heavy atom. The molecule has 4 nitrogen and oxygen atoms in total. The van der Waals surface area contributed by atoms with Crippen molar-refractivity contribution in [3.8, 4) is 0 Å². The van der Waals surface area contributed by atoms with Crippen LogP contribution in [0.3, 0.4) is 0 Å². The minimum absolute atomic E-state index is 0.0716. The first-order valence-corrected chi connectivity index (χ1v) is 9.79. The van der Waals surface area contributed by atoms with Gasteiger partial charge in [-0.05, 0) is 48.2 Å². The third kappa shape index (κ3) is 6.41. The maximum atomic E-state index is 13.4. The first kappa shape index (κ1) is 23.1. The van der Waals surface area contributed by atoms with Crippen molar-refractivity contribution in [3.05, 3.63) is 69.2 Å². The highest BCUT2D eigenvalue weighted by Gasteiger charge is 2.26. The molecule has 0 aliphatic carbocycles. The molecule has 2 aromatic rings. The van der Waals surface area contributed by atoms with Gasteiger partial charge in [-0.2, -0.15) is 0 Å². The minimum Gasteiger partial charge on any atom is -0.340 e. The lowest BCUT2D eigenvalue weighted by atomic mass is 10.0. The lowest BCUT2D eigenvalue weighted by molar-refractivity contribution is -0.132. The van der Waals surface area contributed by atoms with Crippen molar-refractivity contribution >= 4 is 35.0 Å². The van der Waals surface area contributed by atoms with Gasteiger partial charge in [0.05, 0.1) is 10.6 Å². The molecule has 8 heteroatoms. The molecule has 0 radical (unpaired) electrons. The molecule has 2 aromatic carbocycles. The number of nitrogens with one attached hydrogen (secondary N) is 1. The van der Waals surface area contributed by atoms with Gasteiger partial charge in [0.1, 0.15) is 6.04 Å². The summed E-state index contributed by atoms with van der Waals surface area (Å²) in [5.41, 5.74) is 0.649. The van der Waals surface area contributed by atoms with Crippen LogP contribution in [0.4, 0.5) is 8.78 Å². The van der Waals surface area contributed by atoms with Crippen molar-refractivity contribution in [1.82, 2.24) is 10.2 Å². The molecule has 156 valence electrons. The van der Waals surface area contributed by atoms with Crippen LogP contribution in [0.1, 0.15) is 36.2 Å². The molecule has 2 rings (SSSR count). The van der Waals surface area contributed by atoms with Crippen LogP contribution in [0.25, 0.3) is 0 Å². The van der Waals surface area contributed by atoms with E-state index in [0.29, 0.717) is 17.0 Å². The van der Waals surface area contributed by atoms with Crippen molar-refractivity contribution in [2.24, 2.45) is 5.92 Å². The fourth-order valence-corrected chi connectivity index (χ4v) is 3.35. The molecule has 0 bridgehead atoms. The van der Waals surface area contributed by atoms with E-state index in [2.05, 4.69) is 5.32 Å². The van der Waals surface area contributed by atoms with Crippen LogP contribution in [-0.4, -0.2) is 29.8 Å². The van der Waals surface area contributed by atoms with Gasteiger partial charge < -0.3 is 10.2 Å². The summed E-state index contributed by atoms with van der Waals surface area (Å²) >= 11 is 11.9. The van der Waals surface area contributed by atoms with E-state index in [4.69, 9.17) is 23.2 Å². The van der Waals surface area contributed by atoms with E-state index >= 15 is 0 Å². The summed E-state index contributed by atoms with van der Waals surface area (Å²) in [4.78, 5) is 26.9. The number of hydrogen-bond acceptors (Lipinski definition) is 2. The molecule has 1 unspecified atom stereocenters. The Hall–Kier alpha value is -2.18. The first-order chi connectivity index (χ1) is 13.6. The smallest absolute Gasteiger partial charge is 0.253 e. The normalized spacial score (nSPS) is 12.0. The van der Waals surface area contributed by atoms with E-state index in [1.165, 1.54) is 29.2 Å². The molecule has 0 saturated carbocycles. The number of halogens is 4. The van der Waals surface area contributed by atoms with Crippen molar-refractivity contribution in [2.75, 3.05) is 7.05 Å². The third-order valence-corrected chi connectivity index (χ3v) is 4.81. The van der Waals surface area contributed by atoms with Crippen LogP contribution < -0.4 is 5.32 Å². The summed E-state index contributed by atoms with van der Waals surface area (Å²) in [5, 5.41) is 3.30.